The standard InChI is InChI=1S/C14H8ClN5O2/c15-7-5-6-10-11(12(7)20(21)22)19-14(18-10)13-16-8-3-1-2-4-9(8)17-13/h1-6H,(H,16,17)(H,18,19). The van der Waals surface area contributed by atoms with Crippen molar-refractivity contribution in [2.75, 3.05) is 0 Å². The van der Waals surface area contributed by atoms with Gasteiger partial charge >= 0.3 is 5.69 Å². The molecule has 2 aromatic heterocycles. The van der Waals surface area contributed by atoms with E-state index in [1.165, 1.54) is 6.07 Å². The number of H-pyrrole nitrogens is 2. The Morgan fingerprint density at radius 1 is 1.00 bits per heavy atom. The molecule has 0 atom stereocenters. The molecule has 2 aromatic carbocycles. The Hall–Kier alpha value is -2.93. The van der Waals surface area contributed by atoms with Crippen molar-refractivity contribution in [3.8, 4) is 11.6 Å². The molecule has 2 N–H and O–H groups in total. The van der Waals surface area contributed by atoms with Gasteiger partial charge in [-0.25, -0.2) is 9.97 Å². The molecule has 108 valence electrons. The van der Waals surface area contributed by atoms with E-state index in [4.69, 9.17) is 11.6 Å². The highest BCUT2D eigenvalue weighted by molar-refractivity contribution is 6.33. The highest BCUT2D eigenvalue weighted by Crippen LogP contribution is 2.33. The van der Waals surface area contributed by atoms with Crippen molar-refractivity contribution in [2.45, 2.75) is 0 Å². The zero-order chi connectivity index (χ0) is 15.3. The minimum Gasteiger partial charge on any atom is -0.335 e. The van der Waals surface area contributed by atoms with Crippen molar-refractivity contribution in [1.82, 2.24) is 19.9 Å². The van der Waals surface area contributed by atoms with Crippen molar-refractivity contribution < 1.29 is 4.92 Å². The Bertz CT molecular complexity index is 1000. The van der Waals surface area contributed by atoms with Gasteiger partial charge in [0.05, 0.1) is 21.5 Å². The number of aromatic nitrogens is 4. The van der Waals surface area contributed by atoms with Crippen molar-refractivity contribution in [1.29, 1.82) is 0 Å². The Kier molecular flexibility index (Phi) is 2.64. The molecule has 22 heavy (non-hydrogen) atoms. The second kappa shape index (κ2) is 4.54. The largest absolute Gasteiger partial charge is 0.335 e. The first-order chi connectivity index (χ1) is 10.6. The maximum Gasteiger partial charge on any atom is 0.315 e. The second-order valence-corrected chi connectivity index (χ2v) is 5.14. The van der Waals surface area contributed by atoms with E-state index in [0.717, 1.165) is 11.0 Å². The quantitative estimate of drug-likeness (QED) is 0.435. The van der Waals surface area contributed by atoms with Gasteiger partial charge in [0.1, 0.15) is 5.02 Å². The lowest BCUT2D eigenvalue weighted by atomic mass is 10.3. The summed E-state index contributed by atoms with van der Waals surface area (Å²) < 4.78 is 0. The molecule has 0 saturated carbocycles. The lowest BCUT2D eigenvalue weighted by Gasteiger charge is -1.94. The van der Waals surface area contributed by atoms with Gasteiger partial charge in [0, 0.05) is 0 Å². The molecule has 0 aliphatic rings. The van der Waals surface area contributed by atoms with Crippen LogP contribution in [0, 0.1) is 10.1 Å². The van der Waals surface area contributed by atoms with E-state index in [0.29, 0.717) is 17.2 Å². The van der Waals surface area contributed by atoms with E-state index in [1.54, 1.807) is 6.07 Å². The number of para-hydroxylation sites is 2. The summed E-state index contributed by atoms with van der Waals surface area (Å²) in [4.78, 5) is 25.5. The van der Waals surface area contributed by atoms with Crippen LogP contribution in [-0.4, -0.2) is 24.9 Å². The van der Waals surface area contributed by atoms with Crippen molar-refractivity contribution in [2.24, 2.45) is 0 Å². The first kappa shape index (κ1) is 12.8. The molecule has 0 aliphatic carbocycles. The van der Waals surface area contributed by atoms with Gasteiger partial charge in [0.2, 0.25) is 0 Å². The van der Waals surface area contributed by atoms with E-state index in [9.17, 15) is 10.1 Å². The lowest BCUT2D eigenvalue weighted by Crippen LogP contribution is -1.90. The molecular weight excluding hydrogens is 306 g/mol. The molecule has 0 amide bonds. The zero-order valence-electron chi connectivity index (χ0n) is 11.0. The number of rotatable bonds is 2. The van der Waals surface area contributed by atoms with Crippen molar-refractivity contribution in [3.63, 3.8) is 0 Å². The third kappa shape index (κ3) is 1.83. The van der Waals surface area contributed by atoms with E-state index in [1.807, 2.05) is 24.3 Å². The summed E-state index contributed by atoms with van der Waals surface area (Å²) in [5.41, 5.74) is 2.20. The normalized spacial score (nSPS) is 11.3. The number of hydrogen-bond donors (Lipinski definition) is 2. The molecule has 7 nitrogen and oxygen atoms in total. The third-order valence-electron chi connectivity index (χ3n) is 3.37. The number of nitrogens with one attached hydrogen (secondary N) is 2. The molecule has 0 fully saturated rings. The van der Waals surface area contributed by atoms with Crippen LogP contribution in [0.1, 0.15) is 0 Å². The first-order valence-corrected chi connectivity index (χ1v) is 6.79. The van der Waals surface area contributed by atoms with Gasteiger partial charge in [-0.05, 0) is 24.3 Å². The molecule has 0 unspecified atom stereocenters. The van der Waals surface area contributed by atoms with Gasteiger partial charge in [-0.2, -0.15) is 0 Å². The number of aromatic amines is 2. The van der Waals surface area contributed by atoms with Crippen LogP contribution >= 0.6 is 11.6 Å². The van der Waals surface area contributed by atoms with E-state index in [2.05, 4.69) is 19.9 Å². The average molecular weight is 314 g/mol. The first-order valence-electron chi connectivity index (χ1n) is 6.41. The fourth-order valence-electron chi connectivity index (χ4n) is 2.39. The highest BCUT2D eigenvalue weighted by atomic mass is 35.5. The van der Waals surface area contributed by atoms with Crippen LogP contribution in [0.5, 0.6) is 0 Å². The monoisotopic (exact) mass is 313 g/mol. The lowest BCUT2D eigenvalue weighted by molar-refractivity contribution is -0.383. The predicted molar refractivity (Wildman–Crippen MR) is 82.8 cm³/mol. The van der Waals surface area contributed by atoms with Crippen LogP contribution in [0.25, 0.3) is 33.7 Å². The highest BCUT2D eigenvalue weighted by Gasteiger charge is 2.21. The molecule has 4 aromatic rings. The number of halogens is 1. The topological polar surface area (TPSA) is 100 Å². The Morgan fingerprint density at radius 3 is 2.50 bits per heavy atom. The SMILES string of the molecule is O=[N+]([O-])c1c(Cl)ccc2[nH]c(-c3nc4ccccc4[nH]3)nc12. The summed E-state index contributed by atoms with van der Waals surface area (Å²) in [6, 6.07) is 10.7. The minimum absolute atomic E-state index is 0.0557. The van der Waals surface area contributed by atoms with Crippen LogP contribution in [0.4, 0.5) is 5.69 Å². The number of nitrogens with zero attached hydrogens (tertiary/aromatic N) is 3. The summed E-state index contributed by atoms with van der Waals surface area (Å²) >= 11 is 5.90. The summed E-state index contributed by atoms with van der Waals surface area (Å²) in [7, 11) is 0. The molecule has 2 heterocycles. The van der Waals surface area contributed by atoms with Gasteiger partial charge in [0.15, 0.2) is 17.2 Å². The second-order valence-electron chi connectivity index (χ2n) is 4.74. The van der Waals surface area contributed by atoms with Crippen LogP contribution in [0.15, 0.2) is 36.4 Å². The molecule has 0 saturated heterocycles. The Morgan fingerprint density at radius 2 is 1.73 bits per heavy atom. The van der Waals surface area contributed by atoms with Crippen molar-refractivity contribution >= 4 is 39.4 Å². The third-order valence-corrected chi connectivity index (χ3v) is 3.68. The average Bonchev–Trinajstić information content (AvgIpc) is 3.09. The maximum absolute atomic E-state index is 11.2. The van der Waals surface area contributed by atoms with Gasteiger partial charge in [-0.1, -0.05) is 23.7 Å². The molecular formula is C14H8ClN5O2. The number of fused-ring (bicyclic) bond motifs is 2. The number of hydrogen-bond acceptors (Lipinski definition) is 4. The molecule has 0 radical (unpaired) electrons. The minimum atomic E-state index is -0.534. The number of imidazole rings is 2. The fraction of sp³-hybridized carbons (Fsp3) is 0. The Balaban J connectivity index is 1.96. The van der Waals surface area contributed by atoms with Crippen LogP contribution in [-0.2, 0) is 0 Å². The molecule has 0 bridgehead atoms. The van der Waals surface area contributed by atoms with Gasteiger partial charge in [0.25, 0.3) is 0 Å². The van der Waals surface area contributed by atoms with E-state index in [-0.39, 0.29) is 16.2 Å². The summed E-state index contributed by atoms with van der Waals surface area (Å²) in [6.07, 6.45) is 0. The van der Waals surface area contributed by atoms with Crippen LogP contribution in [0.3, 0.4) is 0 Å². The maximum atomic E-state index is 11.2. The molecule has 4 rings (SSSR count). The van der Waals surface area contributed by atoms with E-state index >= 15 is 0 Å². The fourth-order valence-corrected chi connectivity index (χ4v) is 2.61. The summed E-state index contributed by atoms with van der Waals surface area (Å²) in [5, 5.41) is 11.2. The molecule has 8 heteroatoms. The van der Waals surface area contributed by atoms with E-state index < -0.39 is 4.92 Å². The smallest absolute Gasteiger partial charge is 0.315 e. The summed E-state index contributed by atoms with van der Waals surface area (Å²) in [5.74, 6) is 0.944. The number of benzene rings is 2. The summed E-state index contributed by atoms with van der Waals surface area (Å²) in [6.45, 7) is 0. The Labute approximate surface area is 128 Å². The van der Waals surface area contributed by atoms with Gasteiger partial charge in [-0.3, -0.25) is 10.1 Å². The molecule has 0 aliphatic heterocycles. The number of nitro groups is 1. The molecule has 0 spiro atoms. The van der Waals surface area contributed by atoms with Crippen molar-refractivity contribution in [3.05, 3.63) is 51.5 Å². The van der Waals surface area contributed by atoms with Gasteiger partial charge in [-0.15, -0.1) is 0 Å². The number of nitro benzene ring substituents is 1. The predicted octanol–water partition coefficient (Wildman–Crippen LogP) is 3.67. The van der Waals surface area contributed by atoms with Crippen LogP contribution in [0.2, 0.25) is 5.02 Å². The van der Waals surface area contributed by atoms with Gasteiger partial charge < -0.3 is 9.97 Å². The van der Waals surface area contributed by atoms with Crippen LogP contribution < -0.4 is 0 Å². The zero-order valence-corrected chi connectivity index (χ0v) is 11.8.